The Kier molecular flexibility index (Phi) is 5.08. The summed E-state index contributed by atoms with van der Waals surface area (Å²) < 4.78 is 1.73. The fraction of sp³-hybridized carbons (Fsp3) is 0.118. The van der Waals surface area contributed by atoms with Gasteiger partial charge in [0, 0.05) is 23.5 Å². The summed E-state index contributed by atoms with van der Waals surface area (Å²) in [6.07, 6.45) is 3.23. The molecule has 0 spiro atoms. The molecule has 1 aromatic heterocycles. The summed E-state index contributed by atoms with van der Waals surface area (Å²) in [6, 6.07) is 9.83. The number of carbonyl (C=O) groups excluding carboxylic acids is 3. The standard InChI is InChI=1S/C17H14N4O5S/c18-15(22)10-20-16(23)14(27-17(20)24)8-12-5-3-7-19(12)9-11-4-1-2-6-13(11)21(25)26/h1-8H,9-10H2,(H2,18,22)/b14-8-. The lowest BCUT2D eigenvalue weighted by molar-refractivity contribution is -0.385. The monoisotopic (exact) mass is 386 g/mol. The molecule has 1 saturated heterocycles. The lowest BCUT2D eigenvalue weighted by atomic mass is 10.2. The Balaban J connectivity index is 1.87. The number of aromatic nitrogens is 1. The van der Waals surface area contributed by atoms with E-state index in [1.54, 1.807) is 41.1 Å². The Morgan fingerprint density at radius 1 is 1.22 bits per heavy atom. The minimum Gasteiger partial charge on any atom is -0.368 e. The molecule has 2 N–H and O–H groups in total. The summed E-state index contributed by atoms with van der Waals surface area (Å²) in [5.74, 6) is -1.37. The van der Waals surface area contributed by atoms with Gasteiger partial charge in [-0.1, -0.05) is 18.2 Å². The van der Waals surface area contributed by atoms with Gasteiger partial charge in [-0.3, -0.25) is 29.4 Å². The number of carbonyl (C=O) groups is 3. The van der Waals surface area contributed by atoms with Gasteiger partial charge in [-0.25, -0.2) is 0 Å². The number of primary amides is 1. The molecule has 138 valence electrons. The van der Waals surface area contributed by atoms with Crippen molar-refractivity contribution < 1.29 is 19.3 Å². The fourth-order valence-electron chi connectivity index (χ4n) is 2.63. The van der Waals surface area contributed by atoms with Crippen LogP contribution in [0.15, 0.2) is 47.5 Å². The quantitative estimate of drug-likeness (QED) is 0.459. The van der Waals surface area contributed by atoms with Crippen molar-refractivity contribution in [3.8, 4) is 0 Å². The summed E-state index contributed by atoms with van der Waals surface area (Å²) >= 11 is 0.714. The van der Waals surface area contributed by atoms with Crippen molar-refractivity contribution in [1.29, 1.82) is 0 Å². The Hall–Kier alpha value is -3.40. The molecule has 2 aromatic rings. The van der Waals surface area contributed by atoms with Crippen LogP contribution in [0.4, 0.5) is 10.5 Å². The minimum absolute atomic E-state index is 0.000989. The van der Waals surface area contributed by atoms with E-state index in [-0.39, 0.29) is 17.1 Å². The van der Waals surface area contributed by atoms with Gasteiger partial charge in [-0.15, -0.1) is 0 Å². The third-order valence-corrected chi connectivity index (χ3v) is 4.77. The normalized spacial score (nSPS) is 15.6. The van der Waals surface area contributed by atoms with Gasteiger partial charge >= 0.3 is 0 Å². The number of imide groups is 1. The lowest BCUT2D eigenvalue weighted by Crippen LogP contribution is -2.36. The van der Waals surface area contributed by atoms with Crippen LogP contribution in [0.25, 0.3) is 6.08 Å². The van der Waals surface area contributed by atoms with Crippen LogP contribution >= 0.6 is 11.8 Å². The lowest BCUT2D eigenvalue weighted by Gasteiger charge is -2.09. The van der Waals surface area contributed by atoms with E-state index in [2.05, 4.69) is 0 Å². The Morgan fingerprint density at radius 3 is 2.67 bits per heavy atom. The number of nitrogens with two attached hydrogens (primary N) is 1. The molecule has 27 heavy (non-hydrogen) atoms. The molecule has 1 aliphatic heterocycles. The van der Waals surface area contributed by atoms with Crippen molar-refractivity contribution >= 4 is 40.6 Å². The first kappa shape index (κ1) is 18.4. The third-order valence-electron chi connectivity index (χ3n) is 3.86. The van der Waals surface area contributed by atoms with Crippen molar-refractivity contribution in [2.45, 2.75) is 6.54 Å². The molecule has 9 nitrogen and oxygen atoms in total. The van der Waals surface area contributed by atoms with Crippen LogP contribution in [0.1, 0.15) is 11.3 Å². The van der Waals surface area contributed by atoms with Gasteiger partial charge < -0.3 is 10.3 Å². The summed E-state index contributed by atoms with van der Waals surface area (Å²) in [5.41, 5.74) is 6.16. The van der Waals surface area contributed by atoms with Gasteiger partial charge in [0.25, 0.3) is 16.8 Å². The van der Waals surface area contributed by atoms with Gasteiger partial charge in [0.2, 0.25) is 5.91 Å². The highest BCUT2D eigenvalue weighted by molar-refractivity contribution is 8.18. The zero-order valence-corrected chi connectivity index (χ0v) is 14.7. The number of rotatable bonds is 6. The van der Waals surface area contributed by atoms with E-state index in [0.717, 1.165) is 4.90 Å². The molecular formula is C17H14N4O5S. The summed E-state index contributed by atoms with van der Waals surface area (Å²) in [5, 5.41) is 10.6. The molecule has 0 aliphatic carbocycles. The molecule has 3 rings (SSSR count). The van der Waals surface area contributed by atoms with Crippen LogP contribution in [0.2, 0.25) is 0 Å². The molecule has 1 fully saturated rings. The van der Waals surface area contributed by atoms with E-state index in [4.69, 9.17) is 5.73 Å². The van der Waals surface area contributed by atoms with Crippen LogP contribution < -0.4 is 5.73 Å². The van der Waals surface area contributed by atoms with Crippen LogP contribution in [-0.2, 0) is 16.1 Å². The van der Waals surface area contributed by atoms with Crippen LogP contribution in [0.5, 0.6) is 0 Å². The number of para-hydroxylation sites is 1. The first-order valence-electron chi connectivity index (χ1n) is 7.78. The van der Waals surface area contributed by atoms with E-state index in [0.29, 0.717) is 23.0 Å². The van der Waals surface area contributed by atoms with Gasteiger partial charge in [-0.05, 0) is 30.0 Å². The van der Waals surface area contributed by atoms with Crippen molar-refractivity contribution in [1.82, 2.24) is 9.47 Å². The maximum Gasteiger partial charge on any atom is 0.294 e. The molecular weight excluding hydrogens is 372 g/mol. The van der Waals surface area contributed by atoms with E-state index in [9.17, 15) is 24.5 Å². The molecule has 0 bridgehead atoms. The van der Waals surface area contributed by atoms with Crippen LogP contribution in [0.3, 0.4) is 0 Å². The van der Waals surface area contributed by atoms with Gasteiger partial charge in [0.05, 0.1) is 16.4 Å². The van der Waals surface area contributed by atoms with E-state index < -0.39 is 28.5 Å². The molecule has 2 heterocycles. The topological polar surface area (TPSA) is 129 Å². The number of hydrogen-bond donors (Lipinski definition) is 1. The van der Waals surface area contributed by atoms with Crippen molar-refractivity contribution in [3.05, 3.63) is 68.9 Å². The van der Waals surface area contributed by atoms with Gasteiger partial charge in [0.1, 0.15) is 6.54 Å². The van der Waals surface area contributed by atoms with Crippen molar-refractivity contribution in [3.63, 3.8) is 0 Å². The minimum atomic E-state index is -0.779. The predicted octanol–water partition coefficient (Wildman–Crippen LogP) is 1.97. The SMILES string of the molecule is NC(=O)CN1C(=O)S/C(=C\c2cccn2Cc2ccccc2[N+](=O)[O-])C1=O. The molecule has 10 heteroatoms. The molecule has 1 aliphatic rings. The average molecular weight is 386 g/mol. The average Bonchev–Trinajstić information content (AvgIpc) is 3.15. The Bertz CT molecular complexity index is 981. The smallest absolute Gasteiger partial charge is 0.294 e. The van der Waals surface area contributed by atoms with E-state index in [1.807, 2.05) is 0 Å². The number of nitro benzene ring substituents is 1. The molecule has 0 radical (unpaired) electrons. The number of amides is 3. The Morgan fingerprint density at radius 2 is 1.96 bits per heavy atom. The first-order valence-corrected chi connectivity index (χ1v) is 8.59. The second-order valence-electron chi connectivity index (χ2n) is 5.68. The second-order valence-corrected chi connectivity index (χ2v) is 6.67. The summed E-state index contributed by atoms with van der Waals surface area (Å²) in [6.45, 7) is -0.250. The first-order chi connectivity index (χ1) is 12.9. The number of thioether (sulfide) groups is 1. The number of benzene rings is 1. The summed E-state index contributed by atoms with van der Waals surface area (Å²) in [4.78, 5) is 46.9. The molecule has 1 aromatic carbocycles. The number of hydrogen-bond acceptors (Lipinski definition) is 6. The molecule has 0 saturated carbocycles. The van der Waals surface area contributed by atoms with Crippen LogP contribution in [0, 0.1) is 10.1 Å². The third kappa shape index (κ3) is 3.90. The summed E-state index contributed by atoms with van der Waals surface area (Å²) in [7, 11) is 0. The largest absolute Gasteiger partial charge is 0.368 e. The van der Waals surface area contributed by atoms with Crippen molar-refractivity contribution in [2.75, 3.05) is 6.54 Å². The zero-order chi connectivity index (χ0) is 19.6. The molecule has 0 atom stereocenters. The highest BCUT2D eigenvalue weighted by atomic mass is 32.2. The van der Waals surface area contributed by atoms with Gasteiger partial charge in [0.15, 0.2) is 0 Å². The second kappa shape index (κ2) is 7.46. The highest BCUT2D eigenvalue weighted by Crippen LogP contribution is 2.32. The van der Waals surface area contributed by atoms with Gasteiger partial charge in [-0.2, -0.15) is 0 Å². The van der Waals surface area contributed by atoms with E-state index in [1.165, 1.54) is 12.1 Å². The number of nitrogens with zero attached hydrogens (tertiary/aromatic N) is 3. The highest BCUT2D eigenvalue weighted by Gasteiger charge is 2.36. The van der Waals surface area contributed by atoms with Crippen molar-refractivity contribution in [2.24, 2.45) is 5.73 Å². The van der Waals surface area contributed by atoms with Crippen LogP contribution in [-0.4, -0.2) is 38.0 Å². The molecule has 0 unspecified atom stereocenters. The molecule has 3 amide bonds. The maximum atomic E-state index is 12.3. The Labute approximate surface area is 157 Å². The van der Waals surface area contributed by atoms with E-state index >= 15 is 0 Å². The number of nitro groups is 1. The zero-order valence-electron chi connectivity index (χ0n) is 13.9. The fourth-order valence-corrected chi connectivity index (χ4v) is 3.46. The maximum absolute atomic E-state index is 12.3. The predicted molar refractivity (Wildman–Crippen MR) is 98.5 cm³/mol.